The standard InChI is InChI=1S/C20H18FN3O2/c1-26-19-7-5-14(6-8-19)11-23-18-9-15(12-22-13-18)20(25)24-17-4-2-3-16(21)10-17/h2-10,12-13,23H,11H2,1H3,(H,24,25). The van der Waals surface area contributed by atoms with E-state index in [0.29, 0.717) is 23.5 Å². The van der Waals surface area contributed by atoms with Crippen molar-refractivity contribution in [1.82, 2.24) is 4.98 Å². The summed E-state index contributed by atoms with van der Waals surface area (Å²) < 4.78 is 18.3. The van der Waals surface area contributed by atoms with Gasteiger partial charge in [-0.2, -0.15) is 0 Å². The van der Waals surface area contributed by atoms with Crippen LogP contribution in [0.1, 0.15) is 15.9 Å². The Labute approximate surface area is 150 Å². The SMILES string of the molecule is COc1ccc(CNc2cncc(C(=O)Nc3cccc(F)c3)c2)cc1. The predicted molar refractivity (Wildman–Crippen MR) is 98.9 cm³/mol. The number of carbonyl (C=O) groups is 1. The van der Waals surface area contributed by atoms with Crippen LogP contribution in [0.4, 0.5) is 15.8 Å². The van der Waals surface area contributed by atoms with Crippen LogP contribution in [-0.2, 0) is 6.54 Å². The van der Waals surface area contributed by atoms with Crippen LogP contribution in [0.5, 0.6) is 5.75 Å². The van der Waals surface area contributed by atoms with Gasteiger partial charge in [-0.3, -0.25) is 9.78 Å². The van der Waals surface area contributed by atoms with Crippen LogP contribution in [-0.4, -0.2) is 18.0 Å². The van der Waals surface area contributed by atoms with Crippen molar-refractivity contribution in [2.75, 3.05) is 17.7 Å². The normalized spacial score (nSPS) is 10.2. The number of nitrogens with one attached hydrogen (secondary N) is 2. The highest BCUT2D eigenvalue weighted by atomic mass is 19.1. The molecule has 26 heavy (non-hydrogen) atoms. The number of aromatic nitrogens is 1. The molecule has 5 nitrogen and oxygen atoms in total. The molecule has 2 N–H and O–H groups in total. The molecule has 0 atom stereocenters. The number of hydrogen-bond donors (Lipinski definition) is 2. The minimum absolute atomic E-state index is 0.351. The van der Waals surface area contributed by atoms with Crippen LogP contribution in [0.15, 0.2) is 67.0 Å². The zero-order valence-corrected chi connectivity index (χ0v) is 14.2. The highest BCUT2D eigenvalue weighted by Crippen LogP contribution is 2.15. The maximum Gasteiger partial charge on any atom is 0.257 e. The predicted octanol–water partition coefficient (Wildman–Crippen LogP) is 4.09. The first kappa shape index (κ1) is 17.4. The number of halogens is 1. The van der Waals surface area contributed by atoms with Gasteiger partial charge in [-0.25, -0.2) is 4.39 Å². The van der Waals surface area contributed by atoms with E-state index in [9.17, 15) is 9.18 Å². The van der Waals surface area contributed by atoms with Gasteiger partial charge in [-0.15, -0.1) is 0 Å². The van der Waals surface area contributed by atoms with E-state index in [-0.39, 0.29) is 5.91 Å². The van der Waals surface area contributed by atoms with Gasteiger partial charge in [-0.1, -0.05) is 18.2 Å². The number of carbonyl (C=O) groups excluding carboxylic acids is 1. The maximum absolute atomic E-state index is 13.2. The molecule has 0 saturated carbocycles. The highest BCUT2D eigenvalue weighted by molar-refractivity contribution is 6.04. The van der Waals surface area contributed by atoms with Crippen LogP contribution in [0.25, 0.3) is 0 Å². The Morgan fingerprint density at radius 3 is 2.62 bits per heavy atom. The fourth-order valence-corrected chi connectivity index (χ4v) is 2.38. The number of nitrogens with zero attached hydrogens (tertiary/aromatic N) is 1. The van der Waals surface area contributed by atoms with Gasteiger partial charge in [0.15, 0.2) is 0 Å². The summed E-state index contributed by atoms with van der Waals surface area (Å²) in [5, 5.41) is 5.88. The van der Waals surface area contributed by atoms with Crippen LogP contribution in [0.3, 0.4) is 0 Å². The largest absolute Gasteiger partial charge is 0.497 e. The molecule has 2 aromatic carbocycles. The Morgan fingerprint density at radius 2 is 1.88 bits per heavy atom. The number of amides is 1. The molecule has 3 rings (SSSR count). The Balaban J connectivity index is 1.64. The van der Waals surface area contributed by atoms with Crippen molar-refractivity contribution in [1.29, 1.82) is 0 Å². The van der Waals surface area contributed by atoms with Crippen molar-refractivity contribution in [3.63, 3.8) is 0 Å². The second-order valence-electron chi connectivity index (χ2n) is 5.63. The molecule has 0 aliphatic rings. The Hall–Kier alpha value is -3.41. The molecule has 6 heteroatoms. The van der Waals surface area contributed by atoms with E-state index >= 15 is 0 Å². The zero-order valence-electron chi connectivity index (χ0n) is 14.2. The van der Waals surface area contributed by atoms with Gasteiger partial charge in [0.1, 0.15) is 11.6 Å². The summed E-state index contributed by atoms with van der Waals surface area (Å²) >= 11 is 0. The molecule has 0 radical (unpaired) electrons. The van der Waals surface area contributed by atoms with Crippen LogP contribution >= 0.6 is 0 Å². The van der Waals surface area contributed by atoms with E-state index in [1.54, 1.807) is 25.4 Å². The van der Waals surface area contributed by atoms with Crippen LogP contribution in [0.2, 0.25) is 0 Å². The molecule has 0 unspecified atom stereocenters. The molecule has 0 aliphatic heterocycles. The third-order valence-electron chi connectivity index (χ3n) is 3.74. The summed E-state index contributed by atoms with van der Waals surface area (Å²) in [5.74, 6) is 0.0402. The van der Waals surface area contributed by atoms with Crippen molar-refractivity contribution < 1.29 is 13.9 Å². The number of hydrogen-bond acceptors (Lipinski definition) is 4. The molecular formula is C20H18FN3O2. The van der Waals surface area contributed by atoms with Gasteiger partial charge in [0.05, 0.1) is 18.4 Å². The van der Waals surface area contributed by atoms with Crippen molar-refractivity contribution in [2.45, 2.75) is 6.54 Å². The summed E-state index contributed by atoms with van der Waals surface area (Å²) in [4.78, 5) is 16.4. The first-order valence-corrected chi connectivity index (χ1v) is 8.03. The summed E-state index contributed by atoms with van der Waals surface area (Å²) in [6.07, 6.45) is 3.11. The molecule has 0 spiro atoms. The van der Waals surface area contributed by atoms with Gasteiger partial charge in [-0.05, 0) is 42.0 Å². The van der Waals surface area contributed by atoms with Gasteiger partial charge in [0.2, 0.25) is 0 Å². The molecule has 1 heterocycles. The Bertz CT molecular complexity index is 898. The minimum Gasteiger partial charge on any atom is -0.497 e. The first-order valence-electron chi connectivity index (χ1n) is 8.03. The lowest BCUT2D eigenvalue weighted by atomic mass is 10.2. The molecule has 132 valence electrons. The van der Waals surface area contributed by atoms with E-state index in [4.69, 9.17) is 4.74 Å². The number of rotatable bonds is 6. The van der Waals surface area contributed by atoms with E-state index in [1.807, 2.05) is 24.3 Å². The van der Waals surface area contributed by atoms with Crippen LogP contribution in [0, 0.1) is 5.82 Å². The molecule has 0 aliphatic carbocycles. The molecule has 0 fully saturated rings. The smallest absolute Gasteiger partial charge is 0.257 e. The quantitative estimate of drug-likeness (QED) is 0.702. The summed E-state index contributed by atoms with van der Waals surface area (Å²) in [7, 11) is 1.62. The van der Waals surface area contributed by atoms with E-state index in [1.165, 1.54) is 24.4 Å². The third kappa shape index (κ3) is 4.57. The number of methoxy groups -OCH3 is 1. The highest BCUT2D eigenvalue weighted by Gasteiger charge is 2.08. The van der Waals surface area contributed by atoms with E-state index in [2.05, 4.69) is 15.6 Å². The molecular weight excluding hydrogens is 333 g/mol. The van der Waals surface area contributed by atoms with Gasteiger partial charge >= 0.3 is 0 Å². The number of anilines is 2. The molecule has 1 amide bonds. The third-order valence-corrected chi connectivity index (χ3v) is 3.74. The fraction of sp³-hybridized carbons (Fsp3) is 0.100. The summed E-state index contributed by atoms with van der Waals surface area (Å²) in [6, 6.07) is 15.1. The molecule has 0 bridgehead atoms. The van der Waals surface area contributed by atoms with Gasteiger partial charge < -0.3 is 15.4 Å². The minimum atomic E-state index is -0.407. The molecule has 0 saturated heterocycles. The van der Waals surface area contributed by atoms with E-state index in [0.717, 1.165) is 11.3 Å². The fourth-order valence-electron chi connectivity index (χ4n) is 2.38. The lowest BCUT2D eigenvalue weighted by Crippen LogP contribution is -2.13. The lowest BCUT2D eigenvalue weighted by Gasteiger charge is -2.09. The van der Waals surface area contributed by atoms with Crippen molar-refractivity contribution in [3.8, 4) is 5.75 Å². The summed E-state index contributed by atoms with van der Waals surface area (Å²) in [6.45, 7) is 0.584. The first-order chi connectivity index (χ1) is 12.6. The summed E-state index contributed by atoms with van der Waals surface area (Å²) in [5.41, 5.74) is 2.56. The van der Waals surface area contributed by atoms with Crippen molar-refractivity contribution in [2.24, 2.45) is 0 Å². The number of benzene rings is 2. The lowest BCUT2D eigenvalue weighted by molar-refractivity contribution is 0.102. The van der Waals surface area contributed by atoms with Crippen LogP contribution < -0.4 is 15.4 Å². The molecule has 3 aromatic rings. The number of ether oxygens (including phenoxy) is 1. The van der Waals surface area contributed by atoms with Crippen molar-refractivity contribution in [3.05, 3.63) is 83.9 Å². The zero-order chi connectivity index (χ0) is 18.4. The average Bonchev–Trinajstić information content (AvgIpc) is 2.67. The van der Waals surface area contributed by atoms with Gasteiger partial charge in [0, 0.05) is 24.6 Å². The second kappa shape index (κ2) is 8.11. The number of pyridine rings is 1. The maximum atomic E-state index is 13.2. The topological polar surface area (TPSA) is 63.2 Å². The average molecular weight is 351 g/mol. The Kier molecular flexibility index (Phi) is 5.43. The molecule has 1 aromatic heterocycles. The monoisotopic (exact) mass is 351 g/mol. The van der Waals surface area contributed by atoms with E-state index < -0.39 is 5.82 Å². The second-order valence-corrected chi connectivity index (χ2v) is 5.63. The van der Waals surface area contributed by atoms with Crippen molar-refractivity contribution >= 4 is 17.3 Å². The Morgan fingerprint density at radius 1 is 1.08 bits per heavy atom. The van der Waals surface area contributed by atoms with Gasteiger partial charge in [0.25, 0.3) is 5.91 Å².